The van der Waals surface area contributed by atoms with Crippen LogP contribution >= 0.6 is 22.3 Å². The van der Waals surface area contributed by atoms with Gasteiger partial charge in [0, 0.05) is 13.1 Å². The Hall–Kier alpha value is 0.919. The molecule has 0 amide bonds. The first-order valence-corrected chi connectivity index (χ1v) is 4.90. The van der Waals surface area contributed by atoms with Crippen LogP contribution in [0.25, 0.3) is 0 Å². The van der Waals surface area contributed by atoms with Crippen molar-refractivity contribution in [2.45, 2.75) is 13.8 Å². The standard InChI is InChI=1S/C5H11NS2.ClH.Cu/c1-3-6(4-2)5(7)8;;/h3-4H2,1-2H3,(H,7,8);1H;/q;;+2/p-2. The fourth-order valence-corrected chi connectivity index (χ4v) is 0.998. The monoisotopic (exact) mass is 246 g/mol. The van der Waals surface area contributed by atoms with Gasteiger partial charge >= 0.3 is 25.2 Å². The Morgan fingerprint density at radius 2 is 1.80 bits per heavy atom. The minimum absolute atomic E-state index is 0.579. The van der Waals surface area contributed by atoms with Crippen LogP contribution < -0.4 is 0 Å². The number of thiocarbonyl (C=S) groups is 1. The van der Waals surface area contributed by atoms with E-state index in [2.05, 4.69) is 25.2 Å². The van der Waals surface area contributed by atoms with Gasteiger partial charge in [-0.15, -0.1) is 0 Å². The molecule has 0 radical (unpaired) electrons. The second-order valence-electron chi connectivity index (χ2n) is 1.44. The van der Waals surface area contributed by atoms with Gasteiger partial charge in [0.25, 0.3) is 0 Å². The second kappa shape index (κ2) is 9.92. The van der Waals surface area contributed by atoms with Crippen molar-refractivity contribution < 1.29 is 15.1 Å². The van der Waals surface area contributed by atoms with Crippen LogP contribution in [-0.4, -0.2) is 22.3 Å². The predicted octanol–water partition coefficient (Wildman–Crippen LogP) is 1.85. The summed E-state index contributed by atoms with van der Waals surface area (Å²) in [5.74, 6) is 0. The summed E-state index contributed by atoms with van der Waals surface area (Å²) in [4.78, 5) is 1.96. The van der Waals surface area contributed by atoms with Gasteiger partial charge in [-0.3, -0.25) is 0 Å². The minimum atomic E-state index is 0.579. The van der Waals surface area contributed by atoms with E-state index < -0.39 is 0 Å². The van der Waals surface area contributed by atoms with Gasteiger partial charge in [0.15, 0.2) is 0 Å². The van der Waals surface area contributed by atoms with Gasteiger partial charge < -0.3 is 29.7 Å². The third kappa shape index (κ3) is 7.03. The predicted molar refractivity (Wildman–Crippen MR) is 48.7 cm³/mol. The Morgan fingerprint density at radius 3 is 1.80 bits per heavy atom. The van der Waals surface area contributed by atoms with Crippen LogP contribution in [0.5, 0.6) is 0 Å². The summed E-state index contributed by atoms with van der Waals surface area (Å²) in [5, 5.41) is 0. The average Bonchev–Trinajstić information content (AvgIpc) is 1.94. The summed E-state index contributed by atoms with van der Waals surface area (Å²) in [7, 11) is 4.20. The van der Waals surface area contributed by atoms with Crippen molar-refractivity contribution in [1.82, 2.24) is 4.90 Å². The van der Waals surface area contributed by atoms with Crippen molar-refractivity contribution in [2.24, 2.45) is 0 Å². The Bertz CT molecular complexity index is 87.7. The number of hydrogen-bond acceptors (Lipinski definition) is 2. The van der Waals surface area contributed by atoms with Crippen LogP contribution in [0.4, 0.5) is 0 Å². The van der Waals surface area contributed by atoms with Crippen molar-refractivity contribution in [2.75, 3.05) is 13.1 Å². The molecule has 0 aromatic carbocycles. The Labute approximate surface area is 85.9 Å². The molecule has 0 aliphatic rings. The van der Waals surface area contributed by atoms with Crippen LogP contribution in [0, 0.1) is 0 Å². The van der Waals surface area contributed by atoms with Crippen LogP contribution in [0.2, 0.25) is 0 Å². The number of halogens is 1. The molecule has 65 valence electrons. The normalized spacial score (nSPS) is 7.70. The third-order valence-corrected chi connectivity index (χ3v) is 1.54. The van der Waals surface area contributed by atoms with Crippen molar-refractivity contribution in [3.63, 3.8) is 0 Å². The van der Waals surface area contributed by atoms with Crippen LogP contribution in [0.1, 0.15) is 13.8 Å². The van der Waals surface area contributed by atoms with E-state index in [1.165, 1.54) is 0 Å². The van der Waals surface area contributed by atoms with Gasteiger partial charge in [-0.25, -0.2) is 0 Å². The first-order chi connectivity index (χ1) is 4.72. The molecule has 0 spiro atoms. The zero-order valence-corrected chi connectivity index (χ0v) is 9.19. The first-order valence-electron chi connectivity index (χ1n) is 2.79. The van der Waals surface area contributed by atoms with E-state index >= 15 is 0 Å². The van der Waals surface area contributed by atoms with E-state index in [0.29, 0.717) is 4.32 Å². The van der Waals surface area contributed by atoms with Crippen molar-refractivity contribution >= 4 is 39.3 Å². The summed E-state index contributed by atoms with van der Waals surface area (Å²) in [5.41, 5.74) is 0. The summed E-state index contributed by atoms with van der Waals surface area (Å²) in [6.07, 6.45) is 0. The number of hydrogen-bond donors (Lipinski definition) is 0. The molecule has 10 heavy (non-hydrogen) atoms. The van der Waals surface area contributed by atoms with Gasteiger partial charge in [-0.05, 0) is 13.8 Å². The summed E-state index contributed by atoms with van der Waals surface area (Å²) in [6, 6.07) is 0. The molecular formula is C5H10ClCuNS2. The van der Waals surface area contributed by atoms with Crippen LogP contribution in [0.3, 0.4) is 0 Å². The molecule has 0 atom stereocenters. The molecule has 0 bridgehead atoms. The fourth-order valence-electron chi connectivity index (χ4n) is 0.482. The van der Waals surface area contributed by atoms with Gasteiger partial charge in [-0.1, -0.05) is 4.32 Å². The third-order valence-electron chi connectivity index (χ3n) is 1.02. The summed E-state index contributed by atoms with van der Waals surface area (Å²) in [6.45, 7) is 5.95. The van der Waals surface area contributed by atoms with E-state index in [4.69, 9.17) is 24.8 Å². The van der Waals surface area contributed by atoms with E-state index in [0.717, 1.165) is 13.1 Å². The second-order valence-corrected chi connectivity index (χ2v) is 2.47. The van der Waals surface area contributed by atoms with E-state index in [-0.39, 0.29) is 0 Å². The average molecular weight is 247 g/mol. The SMILES string of the molecule is CCN(CC)C(=S)[S-].[Cl][Cu+]. The Kier molecular flexibility index (Phi) is 13.4. The van der Waals surface area contributed by atoms with Gasteiger partial charge in [0.1, 0.15) is 0 Å². The zero-order valence-electron chi connectivity index (χ0n) is 5.86. The topological polar surface area (TPSA) is 3.24 Å². The molecule has 0 saturated heterocycles. The Balaban J connectivity index is 0. The fraction of sp³-hybridized carbons (Fsp3) is 0.800. The van der Waals surface area contributed by atoms with E-state index in [1.807, 2.05) is 18.7 Å². The maximum atomic E-state index is 4.76. The molecule has 1 nitrogen and oxygen atoms in total. The molecule has 0 N–H and O–H groups in total. The van der Waals surface area contributed by atoms with Gasteiger partial charge in [0.2, 0.25) is 0 Å². The summed E-state index contributed by atoms with van der Waals surface area (Å²) < 4.78 is 0.579. The number of nitrogens with zero attached hydrogens (tertiary/aromatic N) is 1. The Morgan fingerprint density at radius 1 is 1.50 bits per heavy atom. The van der Waals surface area contributed by atoms with Gasteiger partial charge in [0.05, 0.1) is 0 Å². The molecule has 0 aromatic heterocycles. The number of rotatable bonds is 2. The molecule has 0 heterocycles. The molecule has 5 heteroatoms. The van der Waals surface area contributed by atoms with Crippen molar-refractivity contribution in [3.05, 3.63) is 0 Å². The molecule has 0 unspecified atom stereocenters. The van der Waals surface area contributed by atoms with Crippen molar-refractivity contribution in [3.8, 4) is 0 Å². The van der Waals surface area contributed by atoms with E-state index in [9.17, 15) is 0 Å². The molecule has 0 aliphatic carbocycles. The summed E-state index contributed by atoms with van der Waals surface area (Å²) >= 11 is 13.2. The zero-order chi connectivity index (χ0) is 8.57. The maximum absolute atomic E-state index is 4.76. The quantitative estimate of drug-likeness (QED) is 0.416. The molecule has 0 rings (SSSR count). The molecule has 0 fully saturated rings. The molecular weight excluding hydrogens is 237 g/mol. The molecule has 0 aliphatic heterocycles. The van der Waals surface area contributed by atoms with Crippen molar-refractivity contribution in [1.29, 1.82) is 0 Å². The van der Waals surface area contributed by atoms with Crippen LogP contribution in [-0.2, 0) is 27.7 Å². The molecule has 0 saturated carbocycles. The molecule has 0 aromatic rings. The van der Waals surface area contributed by atoms with E-state index in [1.54, 1.807) is 0 Å². The van der Waals surface area contributed by atoms with Crippen LogP contribution in [0.15, 0.2) is 0 Å². The van der Waals surface area contributed by atoms with Gasteiger partial charge in [-0.2, -0.15) is 0 Å². The first kappa shape index (κ1) is 13.5.